The van der Waals surface area contributed by atoms with E-state index in [1.807, 2.05) is 32.9 Å². The molecule has 0 aliphatic heterocycles. The molecule has 0 spiro atoms. The lowest BCUT2D eigenvalue weighted by molar-refractivity contribution is -0.123. The Morgan fingerprint density at radius 2 is 1.69 bits per heavy atom. The third kappa shape index (κ3) is 6.85. The first kappa shape index (κ1) is 22.3. The van der Waals surface area contributed by atoms with Crippen LogP contribution in [0, 0.1) is 12.8 Å². The van der Waals surface area contributed by atoms with Gasteiger partial charge < -0.3 is 15.4 Å². The smallest absolute Gasteiger partial charge is 0.387 e. The highest BCUT2D eigenvalue weighted by atomic mass is 19.3. The molecule has 0 saturated heterocycles. The molecule has 5 nitrogen and oxygen atoms in total. The number of carbonyl (C=O) groups excluding carboxylic acids is 2. The third-order valence-corrected chi connectivity index (χ3v) is 4.49. The van der Waals surface area contributed by atoms with Crippen molar-refractivity contribution in [1.82, 2.24) is 10.6 Å². The number of benzene rings is 2. The van der Waals surface area contributed by atoms with E-state index < -0.39 is 12.7 Å². The molecule has 0 fully saturated rings. The summed E-state index contributed by atoms with van der Waals surface area (Å²) in [5.74, 6) is -0.550. The molecule has 0 aliphatic carbocycles. The van der Waals surface area contributed by atoms with Crippen LogP contribution in [0.1, 0.15) is 35.3 Å². The van der Waals surface area contributed by atoms with Crippen molar-refractivity contribution in [1.29, 1.82) is 0 Å². The number of rotatable bonds is 9. The van der Waals surface area contributed by atoms with E-state index in [9.17, 15) is 18.4 Å². The SMILES string of the molecule is Cc1ccccc1C(=O)N[C@H](C(=O)NCCc1ccc(OC(F)F)cc1)C(C)C. The van der Waals surface area contributed by atoms with E-state index in [0.29, 0.717) is 18.5 Å². The molecule has 7 heteroatoms. The average Bonchev–Trinajstić information content (AvgIpc) is 2.67. The molecule has 2 amide bonds. The number of hydrogen-bond donors (Lipinski definition) is 2. The summed E-state index contributed by atoms with van der Waals surface area (Å²) in [5.41, 5.74) is 2.25. The zero-order valence-electron chi connectivity index (χ0n) is 16.7. The van der Waals surface area contributed by atoms with Crippen molar-refractivity contribution >= 4 is 11.8 Å². The zero-order valence-corrected chi connectivity index (χ0v) is 16.7. The number of carbonyl (C=O) groups is 2. The van der Waals surface area contributed by atoms with Crippen molar-refractivity contribution in [3.63, 3.8) is 0 Å². The van der Waals surface area contributed by atoms with Crippen molar-refractivity contribution in [2.45, 2.75) is 39.8 Å². The largest absolute Gasteiger partial charge is 0.435 e. The van der Waals surface area contributed by atoms with Gasteiger partial charge in [-0.25, -0.2) is 0 Å². The summed E-state index contributed by atoms with van der Waals surface area (Å²) in [4.78, 5) is 25.1. The first-order valence-electron chi connectivity index (χ1n) is 9.46. The molecule has 2 aromatic carbocycles. The second kappa shape index (κ2) is 10.5. The lowest BCUT2D eigenvalue weighted by Gasteiger charge is -2.22. The van der Waals surface area contributed by atoms with Gasteiger partial charge in [0, 0.05) is 12.1 Å². The van der Waals surface area contributed by atoms with Crippen LogP contribution in [0.15, 0.2) is 48.5 Å². The molecule has 0 unspecified atom stereocenters. The van der Waals surface area contributed by atoms with Gasteiger partial charge in [-0.05, 0) is 48.6 Å². The molecule has 0 heterocycles. The minimum atomic E-state index is -2.86. The molecule has 29 heavy (non-hydrogen) atoms. The molecule has 2 N–H and O–H groups in total. The number of ether oxygens (including phenoxy) is 1. The number of amides is 2. The molecule has 2 aromatic rings. The Kier molecular flexibility index (Phi) is 8.12. The molecule has 0 bridgehead atoms. The van der Waals surface area contributed by atoms with Gasteiger partial charge in [0.25, 0.3) is 5.91 Å². The van der Waals surface area contributed by atoms with E-state index in [1.165, 1.54) is 12.1 Å². The van der Waals surface area contributed by atoms with Crippen molar-refractivity contribution in [3.8, 4) is 5.75 Å². The predicted molar refractivity (Wildman–Crippen MR) is 107 cm³/mol. The molecule has 156 valence electrons. The van der Waals surface area contributed by atoms with Crippen molar-refractivity contribution < 1.29 is 23.1 Å². The fourth-order valence-corrected chi connectivity index (χ4v) is 2.86. The van der Waals surface area contributed by atoms with E-state index in [1.54, 1.807) is 24.3 Å². The number of alkyl halides is 2. The lowest BCUT2D eigenvalue weighted by atomic mass is 10.0. The normalized spacial score (nSPS) is 12.0. The highest BCUT2D eigenvalue weighted by molar-refractivity contribution is 5.98. The van der Waals surface area contributed by atoms with Crippen molar-refractivity contribution in [2.24, 2.45) is 5.92 Å². The maximum Gasteiger partial charge on any atom is 0.387 e. The summed E-state index contributed by atoms with van der Waals surface area (Å²) in [7, 11) is 0. The minimum Gasteiger partial charge on any atom is -0.435 e. The van der Waals surface area contributed by atoms with E-state index in [0.717, 1.165) is 11.1 Å². The Morgan fingerprint density at radius 3 is 2.28 bits per heavy atom. The van der Waals surface area contributed by atoms with Crippen molar-refractivity contribution in [2.75, 3.05) is 6.54 Å². The van der Waals surface area contributed by atoms with Crippen LogP contribution >= 0.6 is 0 Å². The summed E-state index contributed by atoms with van der Waals surface area (Å²) in [6.07, 6.45) is 0.525. The summed E-state index contributed by atoms with van der Waals surface area (Å²) in [5, 5.41) is 5.64. The van der Waals surface area contributed by atoms with Gasteiger partial charge in [0.1, 0.15) is 11.8 Å². The average molecular weight is 404 g/mol. The molecule has 1 atom stereocenters. The highest BCUT2D eigenvalue weighted by Crippen LogP contribution is 2.15. The fourth-order valence-electron chi connectivity index (χ4n) is 2.86. The lowest BCUT2D eigenvalue weighted by Crippen LogP contribution is -2.50. The predicted octanol–water partition coefficient (Wildman–Crippen LogP) is 3.71. The van der Waals surface area contributed by atoms with Crippen LogP contribution in [0.4, 0.5) is 8.78 Å². The molecular formula is C22H26F2N2O3. The number of hydrogen-bond acceptors (Lipinski definition) is 3. The Morgan fingerprint density at radius 1 is 1.03 bits per heavy atom. The minimum absolute atomic E-state index is 0.0891. The summed E-state index contributed by atoms with van der Waals surface area (Å²) >= 11 is 0. The fraction of sp³-hybridized carbons (Fsp3) is 0.364. The van der Waals surface area contributed by atoms with Crippen LogP contribution in [0.3, 0.4) is 0 Å². The molecule has 0 aromatic heterocycles. The summed E-state index contributed by atoms with van der Waals surface area (Å²) in [6, 6.07) is 12.8. The van der Waals surface area contributed by atoms with Crippen LogP contribution < -0.4 is 15.4 Å². The van der Waals surface area contributed by atoms with Crippen LogP contribution in [0.5, 0.6) is 5.75 Å². The second-order valence-corrected chi connectivity index (χ2v) is 7.07. The monoisotopic (exact) mass is 404 g/mol. The molecule has 0 aliphatic rings. The first-order chi connectivity index (χ1) is 13.8. The van der Waals surface area contributed by atoms with Crippen LogP contribution in [-0.4, -0.2) is 31.0 Å². The number of nitrogens with one attached hydrogen (secondary N) is 2. The molecule has 0 saturated carbocycles. The Bertz CT molecular complexity index is 823. The number of halogens is 2. The second-order valence-electron chi connectivity index (χ2n) is 7.07. The van der Waals surface area contributed by atoms with Gasteiger partial charge in [-0.15, -0.1) is 0 Å². The van der Waals surface area contributed by atoms with Gasteiger partial charge in [0.2, 0.25) is 5.91 Å². The van der Waals surface area contributed by atoms with Crippen LogP contribution in [0.25, 0.3) is 0 Å². The van der Waals surface area contributed by atoms with Crippen LogP contribution in [0.2, 0.25) is 0 Å². The standard InChI is InChI=1S/C22H26F2N2O3/c1-14(2)19(26-20(27)18-7-5-4-6-15(18)3)21(28)25-13-12-16-8-10-17(11-9-16)29-22(23)24/h4-11,14,19,22H,12-13H2,1-3H3,(H,25,28)(H,26,27)/t19-/m0/s1. The van der Waals surface area contributed by atoms with Gasteiger partial charge in [0.05, 0.1) is 0 Å². The van der Waals surface area contributed by atoms with Gasteiger partial charge in [-0.3, -0.25) is 9.59 Å². The topological polar surface area (TPSA) is 67.4 Å². The third-order valence-electron chi connectivity index (χ3n) is 4.49. The first-order valence-corrected chi connectivity index (χ1v) is 9.46. The van der Waals surface area contributed by atoms with E-state index >= 15 is 0 Å². The molecular weight excluding hydrogens is 378 g/mol. The van der Waals surface area contributed by atoms with Gasteiger partial charge in [0.15, 0.2) is 0 Å². The van der Waals surface area contributed by atoms with Gasteiger partial charge >= 0.3 is 6.61 Å². The van der Waals surface area contributed by atoms with Gasteiger partial charge in [-0.2, -0.15) is 8.78 Å². The summed E-state index contributed by atoms with van der Waals surface area (Å²) < 4.78 is 28.7. The maximum absolute atomic E-state index is 12.6. The molecule has 0 radical (unpaired) electrons. The Hall–Kier alpha value is -2.96. The van der Waals surface area contributed by atoms with Crippen LogP contribution in [-0.2, 0) is 11.2 Å². The van der Waals surface area contributed by atoms with Gasteiger partial charge in [-0.1, -0.05) is 44.2 Å². The summed E-state index contributed by atoms with van der Waals surface area (Å²) in [6.45, 7) is 3.07. The van der Waals surface area contributed by atoms with E-state index in [2.05, 4.69) is 15.4 Å². The highest BCUT2D eigenvalue weighted by Gasteiger charge is 2.24. The maximum atomic E-state index is 12.6. The van der Waals surface area contributed by atoms with Crippen molar-refractivity contribution in [3.05, 3.63) is 65.2 Å². The Balaban J connectivity index is 1.89. The number of aryl methyl sites for hydroxylation is 1. The van der Waals surface area contributed by atoms with E-state index in [4.69, 9.17) is 0 Å². The molecule has 2 rings (SSSR count). The quantitative estimate of drug-likeness (QED) is 0.670. The Labute approximate surface area is 169 Å². The van der Waals surface area contributed by atoms with E-state index in [-0.39, 0.29) is 23.5 Å². The zero-order chi connectivity index (χ0) is 21.4.